The zero-order valence-corrected chi connectivity index (χ0v) is 38.9. The normalized spacial score (nSPS) is 22.1. The summed E-state index contributed by atoms with van der Waals surface area (Å²) in [7, 11) is 0. The molecule has 0 aromatic carbocycles. The van der Waals surface area contributed by atoms with Crippen molar-refractivity contribution < 1.29 is 50.0 Å². The fraction of sp³-hybridized carbons (Fsp3) is 0.980. The monoisotopic (exact) mass is 860 g/mol. The van der Waals surface area contributed by atoms with Gasteiger partial charge in [0.1, 0.15) is 36.6 Å². The SMILES string of the molecule is CCCCCCCCCCCCCCCCCCCCCCC[C@@H](O)C(=O)N[C@@H](CO[C@@H]1O[C@H](CO)[C@@H](O)[C@H](O)[C@H]1O)[C@H](O)[C@H](O)CCCCCCCC(C)CCCCC. The molecule has 60 heavy (non-hydrogen) atoms. The summed E-state index contributed by atoms with van der Waals surface area (Å²) in [6.07, 6.45) is 27.3. The summed E-state index contributed by atoms with van der Waals surface area (Å²) in [6.45, 7) is 5.78. The van der Waals surface area contributed by atoms with Crippen molar-refractivity contribution in [3.63, 3.8) is 0 Å². The molecule has 358 valence electrons. The van der Waals surface area contributed by atoms with E-state index in [1.54, 1.807) is 0 Å². The lowest BCUT2D eigenvalue weighted by Gasteiger charge is -2.40. The Morgan fingerprint density at radius 2 is 0.933 bits per heavy atom. The summed E-state index contributed by atoms with van der Waals surface area (Å²) in [5.41, 5.74) is 0. The maximum Gasteiger partial charge on any atom is 0.249 e. The first-order valence-electron chi connectivity index (χ1n) is 25.3. The van der Waals surface area contributed by atoms with Gasteiger partial charge in [-0.05, 0) is 18.8 Å². The fourth-order valence-corrected chi connectivity index (χ4v) is 8.51. The topological polar surface area (TPSA) is 189 Å². The van der Waals surface area contributed by atoms with Crippen LogP contribution in [0, 0.1) is 5.92 Å². The van der Waals surface area contributed by atoms with E-state index in [4.69, 9.17) is 9.47 Å². The van der Waals surface area contributed by atoms with Gasteiger partial charge in [-0.3, -0.25) is 4.79 Å². The molecule has 11 heteroatoms. The van der Waals surface area contributed by atoms with Gasteiger partial charge in [-0.1, -0.05) is 220 Å². The number of hydrogen-bond acceptors (Lipinski definition) is 10. The Kier molecular flexibility index (Phi) is 36.7. The number of nitrogens with one attached hydrogen (secondary N) is 1. The van der Waals surface area contributed by atoms with E-state index in [-0.39, 0.29) is 6.42 Å². The average Bonchev–Trinajstić information content (AvgIpc) is 3.24. The number of hydrogen-bond donors (Lipinski definition) is 8. The third kappa shape index (κ3) is 28.0. The van der Waals surface area contributed by atoms with Crippen LogP contribution in [-0.2, 0) is 14.3 Å². The molecule has 0 spiro atoms. The highest BCUT2D eigenvalue weighted by atomic mass is 16.7. The lowest BCUT2D eigenvalue weighted by Crippen LogP contribution is -2.60. The van der Waals surface area contributed by atoms with Gasteiger partial charge in [0.25, 0.3) is 0 Å². The maximum atomic E-state index is 13.1. The molecule has 10 atom stereocenters. The van der Waals surface area contributed by atoms with Crippen LogP contribution in [0.2, 0.25) is 0 Å². The van der Waals surface area contributed by atoms with Crippen LogP contribution in [0.3, 0.4) is 0 Å². The van der Waals surface area contributed by atoms with Gasteiger partial charge in [0.2, 0.25) is 5.91 Å². The molecule has 1 aliphatic rings. The van der Waals surface area contributed by atoms with Crippen LogP contribution in [0.1, 0.15) is 233 Å². The first-order valence-corrected chi connectivity index (χ1v) is 25.3. The summed E-state index contributed by atoms with van der Waals surface area (Å²) < 4.78 is 11.1. The van der Waals surface area contributed by atoms with Crippen LogP contribution in [0.25, 0.3) is 0 Å². The minimum atomic E-state index is -1.66. The third-order valence-electron chi connectivity index (χ3n) is 12.8. The average molecular weight is 860 g/mol. The fourth-order valence-electron chi connectivity index (χ4n) is 8.51. The van der Waals surface area contributed by atoms with Crippen molar-refractivity contribution in [2.75, 3.05) is 13.2 Å². The molecule has 0 aromatic heterocycles. The molecule has 8 N–H and O–H groups in total. The lowest BCUT2D eigenvalue weighted by atomic mass is 9.96. The largest absolute Gasteiger partial charge is 0.394 e. The molecule has 0 aromatic rings. The number of carbonyl (C=O) groups is 1. The first-order chi connectivity index (χ1) is 29.1. The van der Waals surface area contributed by atoms with Crippen LogP contribution < -0.4 is 5.32 Å². The zero-order chi connectivity index (χ0) is 44.2. The van der Waals surface area contributed by atoms with Crippen LogP contribution in [-0.4, -0.2) is 110 Å². The van der Waals surface area contributed by atoms with Gasteiger partial charge >= 0.3 is 0 Å². The highest BCUT2D eigenvalue weighted by Crippen LogP contribution is 2.24. The van der Waals surface area contributed by atoms with Crippen molar-refractivity contribution >= 4 is 5.91 Å². The molecule has 1 unspecified atom stereocenters. The summed E-state index contributed by atoms with van der Waals surface area (Å²) >= 11 is 0. The Balaban J connectivity index is 2.37. The van der Waals surface area contributed by atoms with E-state index in [2.05, 4.69) is 26.1 Å². The molecule has 0 saturated carbocycles. The number of amides is 1. The molecule has 1 fully saturated rings. The number of aliphatic hydroxyl groups is 7. The Bertz CT molecular complexity index is 959. The second-order valence-corrected chi connectivity index (χ2v) is 18.5. The Labute approximate surface area is 367 Å². The minimum absolute atomic E-state index is 0.265. The van der Waals surface area contributed by atoms with Crippen LogP contribution in [0.4, 0.5) is 0 Å². The standard InChI is InChI=1S/C49H97NO10/c1-4-6-8-9-10-11-12-13-14-15-16-17-18-19-20-21-22-23-24-27-32-36-42(53)48(58)50-40(38-59-49-47(57)46(56)45(55)43(37-51)60-49)44(54)41(52)35-31-28-25-26-30-34-39(3)33-29-7-5-2/h39-47,49,51-57H,4-38H2,1-3H3,(H,50,58)/t39?,40-,41+,42+,43+,44-,45+,46-,47+,49+/m0/s1. The van der Waals surface area contributed by atoms with Crippen LogP contribution in [0.15, 0.2) is 0 Å². The van der Waals surface area contributed by atoms with Gasteiger partial charge in [-0.25, -0.2) is 0 Å². The van der Waals surface area contributed by atoms with Gasteiger partial charge in [-0.15, -0.1) is 0 Å². The van der Waals surface area contributed by atoms with Crippen LogP contribution in [0.5, 0.6) is 0 Å². The zero-order valence-electron chi connectivity index (χ0n) is 38.9. The number of rotatable bonds is 42. The van der Waals surface area contributed by atoms with Gasteiger partial charge in [-0.2, -0.15) is 0 Å². The lowest BCUT2D eigenvalue weighted by molar-refractivity contribution is -0.303. The highest BCUT2D eigenvalue weighted by Gasteiger charge is 2.44. The van der Waals surface area contributed by atoms with Crippen molar-refractivity contribution in [3.05, 3.63) is 0 Å². The predicted molar refractivity (Wildman–Crippen MR) is 243 cm³/mol. The van der Waals surface area contributed by atoms with E-state index < -0.39 is 74.2 Å². The summed E-state index contributed by atoms with van der Waals surface area (Å²) in [4.78, 5) is 13.1. The smallest absolute Gasteiger partial charge is 0.249 e. The first kappa shape index (κ1) is 57.1. The summed E-state index contributed by atoms with van der Waals surface area (Å²) in [5, 5.41) is 75.8. The summed E-state index contributed by atoms with van der Waals surface area (Å²) in [6, 6.07) is -1.16. The molecule has 0 aliphatic carbocycles. The van der Waals surface area contributed by atoms with Crippen LogP contribution >= 0.6 is 0 Å². The van der Waals surface area contributed by atoms with E-state index in [0.29, 0.717) is 19.3 Å². The van der Waals surface area contributed by atoms with Crippen molar-refractivity contribution in [1.82, 2.24) is 5.32 Å². The van der Waals surface area contributed by atoms with Crippen molar-refractivity contribution in [2.24, 2.45) is 5.92 Å². The Morgan fingerprint density at radius 3 is 1.38 bits per heavy atom. The molecule has 1 amide bonds. The molecule has 1 saturated heterocycles. The van der Waals surface area contributed by atoms with E-state index in [1.165, 1.54) is 148 Å². The molecule has 1 aliphatic heterocycles. The van der Waals surface area contributed by atoms with E-state index in [0.717, 1.165) is 44.4 Å². The maximum absolute atomic E-state index is 13.1. The van der Waals surface area contributed by atoms with Gasteiger partial charge in [0.05, 0.1) is 25.4 Å². The number of ether oxygens (including phenoxy) is 2. The second-order valence-electron chi connectivity index (χ2n) is 18.5. The van der Waals surface area contributed by atoms with Crippen molar-refractivity contribution in [1.29, 1.82) is 0 Å². The van der Waals surface area contributed by atoms with Gasteiger partial charge in [0, 0.05) is 0 Å². The molecule has 0 radical (unpaired) electrons. The van der Waals surface area contributed by atoms with Gasteiger partial charge in [0.15, 0.2) is 6.29 Å². The minimum Gasteiger partial charge on any atom is -0.394 e. The van der Waals surface area contributed by atoms with Crippen molar-refractivity contribution in [3.8, 4) is 0 Å². The summed E-state index contributed by atoms with van der Waals surface area (Å²) in [5.74, 6) is 0.0495. The predicted octanol–water partition coefficient (Wildman–Crippen LogP) is 8.92. The highest BCUT2D eigenvalue weighted by molar-refractivity contribution is 5.80. The van der Waals surface area contributed by atoms with Gasteiger partial charge < -0.3 is 50.5 Å². The number of unbranched alkanes of at least 4 members (excludes halogenated alkanes) is 26. The third-order valence-corrected chi connectivity index (χ3v) is 12.8. The quantitative estimate of drug-likeness (QED) is 0.0275. The molecule has 0 bridgehead atoms. The van der Waals surface area contributed by atoms with E-state index in [1.807, 2.05) is 0 Å². The molecule has 1 heterocycles. The molecule has 11 nitrogen and oxygen atoms in total. The van der Waals surface area contributed by atoms with E-state index in [9.17, 15) is 40.5 Å². The Hall–Kier alpha value is -0.890. The van der Waals surface area contributed by atoms with Crippen molar-refractivity contribution in [2.45, 2.75) is 288 Å². The molecule has 1 rings (SSSR count). The molecular weight excluding hydrogens is 763 g/mol. The number of aliphatic hydroxyl groups excluding tert-OH is 7. The van der Waals surface area contributed by atoms with E-state index >= 15 is 0 Å². The molecular formula is C49H97NO10. The number of carbonyl (C=O) groups excluding carboxylic acids is 1. The second kappa shape index (κ2) is 38.6. The Morgan fingerprint density at radius 1 is 0.550 bits per heavy atom.